The maximum absolute atomic E-state index is 12.4. The summed E-state index contributed by atoms with van der Waals surface area (Å²) in [5.41, 5.74) is 7.84. The summed E-state index contributed by atoms with van der Waals surface area (Å²) in [5, 5.41) is 3.30. The number of nitrogens with zero attached hydrogens (tertiary/aromatic N) is 2. The number of esters is 1. The molecule has 3 aliphatic rings. The summed E-state index contributed by atoms with van der Waals surface area (Å²) in [6.07, 6.45) is 2.50. The topological polar surface area (TPSA) is 78.1 Å². The van der Waals surface area contributed by atoms with E-state index < -0.39 is 6.23 Å². The van der Waals surface area contributed by atoms with E-state index in [1.165, 1.54) is 0 Å². The van der Waals surface area contributed by atoms with Crippen LogP contribution >= 0.6 is 0 Å². The summed E-state index contributed by atoms with van der Waals surface area (Å²) in [6.45, 7) is 7.44. The molecule has 1 aromatic rings. The zero-order chi connectivity index (χ0) is 19.0. The van der Waals surface area contributed by atoms with E-state index in [1.807, 2.05) is 12.1 Å². The molecule has 2 atom stereocenters. The van der Waals surface area contributed by atoms with Gasteiger partial charge in [-0.25, -0.2) is 10.2 Å². The summed E-state index contributed by atoms with van der Waals surface area (Å²) in [7, 11) is 1.58. The minimum absolute atomic E-state index is 0.0586. The van der Waals surface area contributed by atoms with Crippen LogP contribution in [0.3, 0.4) is 0 Å². The van der Waals surface area contributed by atoms with Gasteiger partial charge in [0.25, 0.3) is 0 Å². The van der Waals surface area contributed by atoms with Gasteiger partial charge in [-0.15, -0.1) is 0 Å². The number of nitrogens with one attached hydrogen (secondary N) is 3. The molecule has 27 heavy (non-hydrogen) atoms. The van der Waals surface area contributed by atoms with Crippen molar-refractivity contribution in [2.75, 3.05) is 32.2 Å². The van der Waals surface area contributed by atoms with Crippen LogP contribution in [-0.2, 0) is 4.74 Å². The Kier molecular flexibility index (Phi) is 4.84. The molecule has 146 valence electrons. The molecule has 1 aromatic carbocycles. The van der Waals surface area contributed by atoms with Gasteiger partial charge in [0.1, 0.15) is 11.6 Å². The molecule has 8 heteroatoms. The highest BCUT2D eigenvalue weighted by atomic mass is 16.6. The predicted octanol–water partition coefficient (Wildman–Crippen LogP) is 1.29. The monoisotopic (exact) mass is 373 g/mol. The number of hydrazine groups is 1. The van der Waals surface area contributed by atoms with Gasteiger partial charge in [-0.2, -0.15) is 0 Å². The Morgan fingerprint density at radius 2 is 2.15 bits per heavy atom. The number of ether oxygens (including phenoxy) is 2. The van der Waals surface area contributed by atoms with Gasteiger partial charge in [0, 0.05) is 19.1 Å². The van der Waals surface area contributed by atoms with E-state index in [0.717, 1.165) is 37.7 Å². The normalized spacial score (nSPS) is 25.4. The maximum Gasteiger partial charge on any atom is 0.342 e. The summed E-state index contributed by atoms with van der Waals surface area (Å²) < 4.78 is 10.8. The Morgan fingerprint density at radius 3 is 2.81 bits per heavy atom. The first-order valence-corrected chi connectivity index (χ1v) is 9.41. The number of carbonyl (C=O) groups excluding carboxylic acids is 1. The van der Waals surface area contributed by atoms with Crippen molar-refractivity contribution in [2.45, 2.75) is 38.6 Å². The lowest BCUT2D eigenvalue weighted by molar-refractivity contribution is 0.0226. The second-order valence-corrected chi connectivity index (χ2v) is 7.39. The lowest BCUT2D eigenvalue weighted by Crippen LogP contribution is -2.56. The highest BCUT2D eigenvalue weighted by Crippen LogP contribution is 2.29. The number of methoxy groups -OCH3 is 1. The summed E-state index contributed by atoms with van der Waals surface area (Å²) in [6, 6.07) is 5.87. The van der Waals surface area contributed by atoms with Crippen molar-refractivity contribution in [1.29, 1.82) is 0 Å². The Bertz CT molecular complexity index is 751. The molecule has 0 aromatic heterocycles. The SMILES string of the molecule is COc1ccc2c(c1)C(=O)OC(C1CC=C(N3CCN(C(C)C)C3)NN1)N2. The highest BCUT2D eigenvalue weighted by Gasteiger charge is 2.34. The first kappa shape index (κ1) is 17.9. The van der Waals surface area contributed by atoms with Crippen LogP contribution in [0.1, 0.15) is 30.6 Å². The lowest BCUT2D eigenvalue weighted by Gasteiger charge is -2.36. The maximum atomic E-state index is 12.4. The third-order valence-corrected chi connectivity index (χ3v) is 5.38. The molecule has 8 nitrogen and oxygen atoms in total. The van der Waals surface area contributed by atoms with E-state index in [2.05, 4.69) is 45.9 Å². The molecule has 3 heterocycles. The molecular weight excluding hydrogens is 346 g/mol. The smallest absolute Gasteiger partial charge is 0.342 e. The number of fused-ring (bicyclic) bond motifs is 1. The summed E-state index contributed by atoms with van der Waals surface area (Å²) in [4.78, 5) is 17.1. The average Bonchev–Trinajstić information content (AvgIpc) is 3.18. The predicted molar refractivity (Wildman–Crippen MR) is 102 cm³/mol. The molecule has 4 rings (SSSR count). The fraction of sp³-hybridized carbons (Fsp3) is 0.526. The van der Waals surface area contributed by atoms with E-state index in [1.54, 1.807) is 13.2 Å². The molecule has 0 saturated carbocycles. The molecule has 2 unspecified atom stereocenters. The van der Waals surface area contributed by atoms with Crippen molar-refractivity contribution < 1.29 is 14.3 Å². The number of benzene rings is 1. The molecular formula is C19H27N5O3. The molecule has 0 amide bonds. The number of hydrogen-bond donors (Lipinski definition) is 3. The number of anilines is 1. The van der Waals surface area contributed by atoms with E-state index in [0.29, 0.717) is 17.4 Å². The molecule has 0 radical (unpaired) electrons. The largest absolute Gasteiger partial charge is 0.497 e. The van der Waals surface area contributed by atoms with Crippen LogP contribution in [0.2, 0.25) is 0 Å². The third-order valence-electron chi connectivity index (χ3n) is 5.38. The fourth-order valence-corrected chi connectivity index (χ4v) is 3.64. The highest BCUT2D eigenvalue weighted by molar-refractivity contribution is 5.97. The van der Waals surface area contributed by atoms with E-state index in [-0.39, 0.29) is 12.0 Å². The molecule has 0 bridgehead atoms. The first-order chi connectivity index (χ1) is 13.0. The number of cyclic esters (lactones) is 1. The van der Waals surface area contributed by atoms with E-state index >= 15 is 0 Å². The van der Waals surface area contributed by atoms with Gasteiger partial charge in [-0.05, 0) is 44.5 Å². The van der Waals surface area contributed by atoms with Crippen LogP contribution in [0, 0.1) is 0 Å². The second-order valence-electron chi connectivity index (χ2n) is 7.39. The quantitative estimate of drug-likeness (QED) is 0.682. The Hall–Kier alpha value is -2.45. The van der Waals surface area contributed by atoms with Crippen LogP contribution in [0.4, 0.5) is 5.69 Å². The summed E-state index contributed by atoms with van der Waals surface area (Å²) in [5.74, 6) is 1.38. The Morgan fingerprint density at radius 1 is 1.30 bits per heavy atom. The second kappa shape index (κ2) is 7.28. The van der Waals surface area contributed by atoms with Crippen molar-refractivity contribution in [2.24, 2.45) is 0 Å². The van der Waals surface area contributed by atoms with Gasteiger partial charge in [-0.3, -0.25) is 4.90 Å². The lowest BCUT2D eigenvalue weighted by atomic mass is 10.1. The molecule has 1 fully saturated rings. The third kappa shape index (κ3) is 3.54. The Labute approximate surface area is 159 Å². The van der Waals surface area contributed by atoms with Crippen molar-refractivity contribution in [3.63, 3.8) is 0 Å². The van der Waals surface area contributed by atoms with Crippen molar-refractivity contribution in [3.05, 3.63) is 35.7 Å². The van der Waals surface area contributed by atoms with Crippen LogP contribution in [0.15, 0.2) is 30.1 Å². The van der Waals surface area contributed by atoms with Gasteiger partial charge in [-0.1, -0.05) is 0 Å². The zero-order valence-corrected chi connectivity index (χ0v) is 16.0. The van der Waals surface area contributed by atoms with Gasteiger partial charge >= 0.3 is 5.97 Å². The molecule has 0 spiro atoms. The first-order valence-electron chi connectivity index (χ1n) is 9.41. The van der Waals surface area contributed by atoms with Gasteiger partial charge in [0.05, 0.1) is 31.1 Å². The molecule has 0 aliphatic carbocycles. The van der Waals surface area contributed by atoms with Crippen LogP contribution in [-0.4, -0.2) is 60.9 Å². The molecule has 3 N–H and O–H groups in total. The Balaban J connectivity index is 1.40. The van der Waals surface area contributed by atoms with E-state index in [9.17, 15) is 4.79 Å². The van der Waals surface area contributed by atoms with Crippen molar-refractivity contribution in [1.82, 2.24) is 20.7 Å². The fourth-order valence-electron chi connectivity index (χ4n) is 3.64. The van der Waals surface area contributed by atoms with E-state index in [4.69, 9.17) is 9.47 Å². The van der Waals surface area contributed by atoms with Gasteiger partial charge in [0.2, 0.25) is 0 Å². The average molecular weight is 373 g/mol. The van der Waals surface area contributed by atoms with Crippen LogP contribution in [0.5, 0.6) is 5.75 Å². The van der Waals surface area contributed by atoms with Crippen molar-refractivity contribution >= 4 is 11.7 Å². The van der Waals surface area contributed by atoms with Gasteiger partial charge in [0.15, 0.2) is 6.23 Å². The molecule has 1 saturated heterocycles. The van der Waals surface area contributed by atoms with Crippen LogP contribution in [0.25, 0.3) is 0 Å². The van der Waals surface area contributed by atoms with Gasteiger partial charge < -0.3 is 25.1 Å². The van der Waals surface area contributed by atoms with Crippen molar-refractivity contribution in [3.8, 4) is 5.75 Å². The number of hydrogen-bond acceptors (Lipinski definition) is 8. The molecule has 3 aliphatic heterocycles. The zero-order valence-electron chi connectivity index (χ0n) is 16.0. The number of rotatable bonds is 4. The standard InChI is InChI=1S/C19H27N5O3/c1-12(2)23-8-9-24(11-23)17-7-6-16(21-22-17)18-20-15-5-4-13(26-3)10-14(15)19(25)27-18/h4-5,7,10,12,16,18,20-22H,6,8-9,11H2,1-3H3. The number of carbonyl (C=O) groups is 1. The summed E-state index contributed by atoms with van der Waals surface area (Å²) >= 11 is 0. The minimum Gasteiger partial charge on any atom is -0.497 e. The minimum atomic E-state index is -0.436. The van der Waals surface area contributed by atoms with Crippen LogP contribution < -0.4 is 20.9 Å².